The maximum atomic E-state index is 13.0. The van der Waals surface area contributed by atoms with Crippen molar-refractivity contribution in [3.63, 3.8) is 0 Å². The smallest absolute Gasteiger partial charge is 0.135 e. The summed E-state index contributed by atoms with van der Waals surface area (Å²) in [6.07, 6.45) is 0. The van der Waals surface area contributed by atoms with Gasteiger partial charge in [-0.15, -0.1) is 11.3 Å². The standard InChI is InChI=1S/C10H9FN2S/c1-6-4-7(2-3-8(6)11)10-13-9(12)5-14-10/h2-5H,12H2,1H3. The number of benzene rings is 1. The van der Waals surface area contributed by atoms with Crippen molar-refractivity contribution in [3.8, 4) is 10.6 Å². The molecule has 0 unspecified atom stereocenters. The van der Waals surface area contributed by atoms with Crippen LogP contribution in [0.5, 0.6) is 0 Å². The summed E-state index contributed by atoms with van der Waals surface area (Å²) in [6, 6.07) is 4.93. The maximum absolute atomic E-state index is 13.0. The molecule has 14 heavy (non-hydrogen) atoms. The first kappa shape index (κ1) is 9.15. The van der Waals surface area contributed by atoms with Crippen molar-refractivity contribution in [3.05, 3.63) is 35.0 Å². The number of anilines is 1. The van der Waals surface area contributed by atoms with E-state index >= 15 is 0 Å². The highest BCUT2D eigenvalue weighted by Gasteiger charge is 2.04. The number of nitrogens with two attached hydrogens (primary N) is 1. The van der Waals surface area contributed by atoms with Crippen LogP contribution in [0.15, 0.2) is 23.6 Å². The van der Waals surface area contributed by atoms with Gasteiger partial charge in [0.2, 0.25) is 0 Å². The van der Waals surface area contributed by atoms with Crippen LogP contribution >= 0.6 is 11.3 Å². The Labute approximate surface area is 85.2 Å². The molecule has 0 aliphatic heterocycles. The number of aromatic nitrogens is 1. The van der Waals surface area contributed by atoms with Gasteiger partial charge >= 0.3 is 0 Å². The van der Waals surface area contributed by atoms with E-state index in [-0.39, 0.29) is 5.82 Å². The average molecular weight is 208 g/mol. The van der Waals surface area contributed by atoms with Gasteiger partial charge in [-0.05, 0) is 30.7 Å². The van der Waals surface area contributed by atoms with E-state index in [0.29, 0.717) is 11.4 Å². The van der Waals surface area contributed by atoms with Gasteiger partial charge in [0.25, 0.3) is 0 Å². The third-order valence-corrected chi connectivity index (χ3v) is 2.84. The Morgan fingerprint density at radius 3 is 2.79 bits per heavy atom. The molecule has 1 aromatic heterocycles. The highest BCUT2D eigenvalue weighted by molar-refractivity contribution is 7.13. The molecular weight excluding hydrogens is 199 g/mol. The minimum Gasteiger partial charge on any atom is -0.383 e. The molecule has 0 atom stereocenters. The molecule has 2 nitrogen and oxygen atoms in total. The number of nitrogens with zero attached hydrogens (tertiary/aromatic N) is 1. The zero-order chi connectivity index (χ0) is 10.1. The quantitative estimate of drug-likeness (QED) is 0.782. The predicted molar refractivity (Wildman–Crippen MR) is 56.7 cm³/mol. The van der Waals surface area contributed by atoms with Gasteiger partial charge in [0.1, 0.15) is 16.6 Å². The number of hydrogen-bond acceptors (Lipinski definition) is 3. The molecular formula is C10H9FN2S. The first-order valence-corrected chi connectivity index (χ1v) is 5.02. The SMILES string of the molecule is Cc1cc(-c2nc(N)cs2)ccc1F. The summed E-state index contributed by atoms with van der Waals surface area (Å²) in [5.74, 6) is 0.310. The van der Waals surface area contributed by atoms with E-state index in [9.17, 15) is 4.39 Å². The minimum absolute atomic E-state index is 0.196. The van der Waals surface area contributed by atoms with Crippen LogP contribution in [0, 0.1) is 12.7 Å². The number of thiazole rings is 1. The lowest BCUT2D eigenvalue weighted by Gasteiger charge is -1.99. The molecule has 0 amide bonds. The van der Waals surface area contributed by atoms with E-state index < -0.39 is 0 Å². The zero-order valence-electron chi connectivity index (χ0n) is 7.62. The van der Waals surface area contributed by atoms with E-state index in [1.165, 1.54) is 17.4 Å². The van der Waals surface area contributed by atoms with Crippen LogP contribution in [0.4, 0.5) is 10.2 Å². The predicted octanol–water partition coefficient (Wildman–Crippen LogP) is 2.84. The monoisotopic (exact) mass is 208 g/mol. The van der Waals surface area contributed by atoms with Crippen LogP contribution in [0.25, 0.3) is 10.6 Å². The van der Waals surface area contributed by atoms with Gasteiger partial charge < -0.3 is 5.73 Å². The van der Waals surface area contributed by atoms with E-state index in [4.69, 9.17) is 5.73 Å². The van der Waals surface area contributed by atoms with Crippen LogP contribution in [0.3, 0.4) is 0 Å². The van der Waals surface area contributed by atoms with Crippen LogP contribution < -0.4 is 5.73 Å². The molecule has 72 valence electrons. The van der Waals surface area contributed by atoms with Crippen LogP contribution in [-0.2, 0) is 0 Å². The molecule has 2 aromatic rings. The summed E-state index contributed by atoms with van der Waals surface area (Å²) in [4.78, 5) is 4.13. The number of hydrogen-bond donors (Lipinski definition) is 1. The van der Waals surface area contributed by atoms with E-state index in [1.807, 2.05) is 0 Å². The second-order valence-corrected chi connectivity index (χ2v) is 3.90. The number of rotatable bonds is 1. The Bertz CT molecular complexity index is 465. The average Bonchev–Trinajstić information content (AvgIpc) is 2.57. The number of halogens is 1. The van der Waals surface area contributed by atoms with Gasteiger partial charge in [-0.3, -0.25) is 0 Å². The summed E-state index contributed by atoms with van der Waals surface area (Å²) >= 11 is 1.46. The van der Waals surface area contributed by atoms with E-state index in [1.54, 1.807) is 24.4 Å². The fourth-order valence-electron chi connectivity index (χ4n) is 1.20. The Morgan fingerprint density at radius 1 is 1.43 bits per heavy atom. The van der Waals surface area contributed by atoms with Crippen molar-refractivity contribution < 1.29 is 4.39 Å². The second kappa shape index (κ2) is 3.38. The lowest BCUT2D eigenvalue weighted by molar-refractivity contribution is 0.619. The third-order valence-electron chi connectivity index (χ3n) is 1.93. The molecule has 0 fully saturated rings. The van der Waals surface area contributed by atoms with Gasteiger partial charge in [-0.25, -0.2) is 9.37 Å². The van der Waals surface area contributed by atoms with Gasteiger partial charge in [0.05, 0.1) is 0 Å². The van der Waals surface area contributed by atoms with Crippen molar-refractivity contribution >= 4 is 17.2 Å². The highest BCUT2D eigenvalue weighted by atomic mass is 32.1. The summed E-state index contributed by atoms with van der Waals surface area (Å²) < 4.78 is 13.0. The lowest BCUT2D eigenvalue weighted by atomic mass is 10.1. The molecule has 0 saturated heterocycles. The van der Waals surface area contributed by atoms with Gasteiger partial charge in [-0.2, -0.15) is 0 Å². The Hall–Kier alpha value is -1.42. The van der Waals surface area contributed by atoms with Crippen molar-refractivity contribution in [2.24, 2.45) is 0 Å². The minimum atomic E-state index is -0.196. The summed E-state index contributed by atoms with van der Waals surface area (Å²) in [5, 5.41) is 2.60. The largest absolute Gasteiger partial charge is 0.383 e. The fraction of sp³-hybridized carbons (Fsp3) is 0.100. The number of aryl methyl sites for hydroxylation is 1. The topological polar surface area (TPSA) is 38.9 Å². The fourth-order valence-corrected chi connectivity index (χ4v) is 1.90. The van der Waals surface area contributed by atoms with Crippen LogP contribution in [0.2, 0.25) is 0 Å². The molecule has 0 aliphatic carbocycles. The second-order valence-electron chi connectivity index (χ2n) is 3.04. The first-order chi connectivity index (χ1) is 6.66. The summed E-state index contributed by atoms with van der Waals surface area (Å²) in [7, 11) is 0. The van der Waals surface area contributed by atoms with Crippen molar-refractivity contribution in [1.29, 1.82) is 0 Å². The molecule has 4 heteroatoms. The molecule has 0 radical (unpaired) electrons. The summed E-state index contributed by atoms with van der Waals surface area (Å²) in [5.41, 5.74) is 7.04. The maximum Gasteiger partial charge on any atom is 0.135 e. The zero-order valence-corrected chi connectivity index (χ0v) is 8.44. The van der Waals surface area contributed by atoms with Crippen molar-refractivity contribution in [1.82, 2.24) is 4.98 Å². The Kier molecular flexibility index (Phi) is 2.21. The van der Waals surface area contributed by atoms with Crippen LogP contribution in [-0.4, -0.2) is 4.98 Å². The van der Waals surface area contributed by atoms with Crippen molar-refractivity contribution in [2.75, 3.05) is 5.73 Å². The van der Waals surface area contributed by atoms with E-state index in [2.05, 4.69) is 4.98 Å². The first-order valence-electron chi connectivity index (χ1n) is 4.14. The molecule has 0 spiro atoms. The van der Waals surface area contributed by atoms with Crippen LogP contribution in [0.1, 0.15) is 5.56 Å². The molecule has 2 rings (SSSR count). The third kappa shape index (κ3) is 1.61. The molecule has 0 saturated carbocycles. The van der Waals surface area contributed by atoms with Crippen molar-refractivity contribution in [2.45, 2.75) is 6.92 Å². The molecule has 1 aromatic carbocycles. The summed E-state index contributed by atoms with van der Waals surface area (Å²) in [6.45, 7) is 1.73. The highest BCUT2D eigenvalue weighted by Crippen LogP contribution is 2.25. The van der Waals surface area contributed by atoms with Gasteiger partial charge in [0.15, 0.2) is 0 Å². The Balaban J connectivity index is 2.47. The molecule has 2 N–H and O–H groups in total. The van der Waals surface area contributed by atoms with Gasteiger partial charge in [-0.1, -0.05) is 0 Å². The van der Waals surface area contributed by atoms with E-state index in [0.717, 1.165) is 10.6 Å². The van der Waals surface area contributed by atoms with Gasteiger partial charge in [0, 0.05) is 10.9 Å². The molecule has 1 heterocycles. The molecule has 0 aliphatic rings. The lowest BCUT2D eigenvalue weighted by Crippen LogP contribution is -1.85. The normalized spacial score (nSPS) is 10.4. The molecule has 0 bridgehead atoms. The Morgan fingerprint density at radius 2 is 2.21 bits per heavy atom. The number of nitrogen functional groups attached to an aromatic ring is 1.